The van der Waals surface area contributed by atoms with Crippen molar-refractivity contribution in [3.63, 3.8) is 0 Å². The summed E-state index contributed by atoms with van der Waals surface area (Å²) in [5.41, 5.74) is 2.70. The number of nitrogens with zero attached hydrogens (tertiary/aromatic N) is 1. The zero-order valence-corrected chi connectivity index (χ0v) is 35.4. The van der Waals surface area contributed by atoms with Gasteiger partial charge in [0.15, 0.2) is 0 Å². The Labute approximate surface area is 350 Å². The minimum Gasteiger partial charge on any atom is -0.318 e. The Bertz CT molecular complexity index is 1930. The summed E-state index contributed by atoms with van der Waals surface area (Å²) in [6.07, 6.45) is 7.13. The third-order valence-corrected chi connectivity index (χ3v) is 11.2. The molecule has 6 atom stereocenters. The van der Waals surface area contributed by atoms with Gasteiger partial charge in [-0.15, -0.1) is 0 Å². The Morgan fingerprint density at radius 1 is 0.678 bits per heavy atom. The number of benzene rings is 4. The summed E-state index contributed by atoms with van der Waals surface area (Å²) in [5.74, 6) is 0. The summed E-state index contributed by atoms with van der Waals surface area (Å²) in [5, 5.41) is 41.2. The predicted octanol–water partition coefficient (Wildman–Crippen LogP) is 5.27. The molecule has 2 saturated heterocycles. The second kappa shape index (κ2) is 22.8. The molecule has 0 bridgehead atoms. The normalized spacial score (nSPS) is 22.3. The van der Waals surface area contributed by atoms with Crippen LogP contribution in [0.25, 0.3) is 21.5 Å². The van der Waals surface area contributed by atoms with E-state index in [0.29, 0.717) is 6.04 Å². The van der Waals surface area contributed by atoms with Crippen LogP contribution in [0, 0.1) is 0 Å². The molecule has 14 nitrogen and oxygen atoms in total. The summed E-state index contributed by atoms with van der Waals surface area (Å²) >= 11 is 0. The van der Waals surface area contributed by atoms with E-state index in [-0.39, 0.29) is 43.0 Å². The molecule has 0 saturated carbocycles. The zero-order chi connectivity index (χ0) is 41.4. The molecule has 59 heavy (non-hydrogen) atoms. The summed E-state index contributed by atoms with van der Waals surface area (Å²) < 4.78 is 0. The molecule has 4 amide bonds. The minimum atomic E-state index is -0.357. The van der Waals surface area contributed by atoms with E-state index in [4.69, 9.17) is 0 Å². The smallest absolute Gasteiger partial charge is 0.318 e. The average Bonchev–Trinajstić information content (AvgIpc) is 3.21. The molecule has 6 rings (SSSR count). The molecular formula is C45H68N12O2. The molecule has 2 aliphatic rings. The number of carbonyl (C=O) groups excluding carboxylic acids is 2. The van der Waals surface area contributed by atoms with Gasteiger partial charge in [0.2, 0.25) is 0 Å². The third kappa shape index (κ3) is 13.8. The molecule has 2 fully saturated rings. The first-order valence-electron chi connectivity index (χ1n) is 21.8. The number of urea groups is 2. The van der Waals surface area contributed by atoms with Crippen LogP contribution in [-0.4, -0.2) is 93.7 Å². The van der Waals surface area contributed by atoms with Crippen LogP contribution in [0.2, 0.25) is 0 Å². The number of anilines is 2. The molecule has 0 aliphatic carbocycles. The highest BCUT2D eigenvalue weighted by Crippen LogP contribution is 2.22. The van der Waals surface area contributed by atoms with Crippen LogP contribution in [-0.2, 0) is 6.54 Å². The lowest BCUT2D eigenvalue weighted by atomic mass is 10.1. The topological polar surface area (TPSA) is 170 Å². The van der Waals surface area contributed by atoms with E-state index < -0.39 is 0 Å². The molecule has 0 radical (unpaired) electrons. The second-order valence-electron chi connectivity index (χ2n) is 16.2. The predicted molar refractivity (Wildman–Crippen MR) is 242 cm³/mol. The summed E-state index contributed by atoms with van der Waals surface area (Å²) in [6, 6.07) is 26.6. The Morgan fingerprint density at radius 2 is 1.37 bits per heavy atom. The number of fused-ring (bicyclic) bond motifs is 2. The van der Waals surface area contributed by atoms with Gasteiger partial charge in [0.1, 0.15) is 12.6 Å². The SMILES string of the molecule is CCCCCCN1C(C)CC(NCCNC)NC1NC(=O)Nc1ccc2ccc(CNCCCNC3CC(C)NC(NC(=O)Nc4ccc5ccccc5c4)N3)cc2c1. The first kappa shape index (κ1) is 44.2. The van der Waals surface area contributed by atoms with E-state index in [9.17, 15) is 9.59 Å². The molecule has 320 valence electrons. The zero-order valence-electron chi connectivity index (χ0n) is 35.4. The van der Waals surface area contributed by atoms with Crippen molar-refractivity contribution in [3.8, 4) is 0 Å². The largest absolute Gasteiger partial charge is 0.321 e. The second-order valence-corrected chi connectivity index (χ2v) is 16.2. The van der Waals surface area contributed by atoms with E-state index in [1.165, 1.54) is 24.8 Å². The first-order valence-corrected chi connectivity index (χ1v) is 21.8. The number of nitrogens with one attached hydrogen (secondary N) is 11. The fourth-order valence-electron chi connectivity index (χ4n) is 8.11. The minimum absolute atomic E-state index is 0.0711. The van der Waals surface area contributed by atoms with Crippen LogP contribution in [0.3, 0.4) is 0 Å². The highest BCUT2D eigenvalue weighted by molar-refractivity contribution is 5.94. The maximum atomic E-state index is 13.4. The Hall–Kier alpha value is -4.38. The molecule has 4 aromatic carbocycles. The molecular weight excluding hydrogens is 741 g/mol. The summed E-state index contributed by atoms with van der Waals surface area (Å²) in [4.78, 5) is 28.6. The number of rotatable bonds is 20. The molecule has 0 spiro atoms. The fourth-order valence-corrected chi connectivity index (χ4v) is 8.11. The van der Waals surface area contributed by atoms with Gasteiger partial charge >= 0.3 is 12.1 Å². The van der Waals surface area contributed by atoms with Crippen molar-refractivity contribution in [2.24, 2.45) is 0 Å². The van der Waals surface area contributed by atoms with Crippen LogP contribution in [0.4, 0.5) is 21.0 Å². The van der Waals surface area contributed by atoms with Gasteiger partial charge in [0.05, 0.1) is 12.3 Å². The molecule has 0 aromatic heterocycles. The van der Waals surface area contributed by atoms with Crippen molar-refractivity contribution >= 4 is 45.0 Å². The van der Waals surface area contributed by atoms with Gasteiger partial charge in [-0.25, -0.2) is 9.59 Å². The van der Waals surface area contributed by atoms with Crippen molar-refractivity contribution in [3.05, 3.63) is 84.4 Å². The van der Waals surface area contributed by atoms with Crippen LogP contribution in [0.15, 0.2) is 78.9 Å². The first-order chi connectivity index (χ1) is 28.8. The van der Waals surface area contributed by atoms with E-state index in [1.54, 1.807) is 0 Å². The van der Waals surface area contributed by atoms with Gasteiger partial charge in [-0.3, -0.25) is 20.9 Å². The quantitative estimate of drug-likeness (QED) is 0.0530. The van der Waals surface area contributed by atoms with Crippen LogP contribution < -0.4 is 58.5 Å². The number of hydrogen-bond acceptors (Lipinski definition) is 10. The molecule has 11 N–H and O–H groups in total. The van der Waals surface area contributed by atoms with E-state index >= 15 is 0 Å². The number of unbranched alkanes of at least 4 members (excludes halogenated alkanes) is 3. The lowest BCUT2D eigenvalue weighted by molar-refractivity contribution is 0.0323. The van der Waals surface area contributed by atoms with Crippen molar-refractivity contribution < 1.29 is 9.59 Å². The number of likely N-dealkylation sites (N-methyl/N-ethyl adjacent to an activating group) is 1. The van der Waals surface area contributed by atoms with Crippen molar-refractivity contribution in [2.75, 3.05) is 50.4 Å². The third-order valence-electron chi connectivity index (χ3n) is 11.2. The monoisotopic (exact) mass is 809 g/mol. The summed E-state index contributed by atoms with van der Waals surface area (Å²) in [6.45, 7) is 11.7. The van der Waals surface area contributed by atoms with Crippen molar-refractivity contribution in [1.29, 1.82) is 0 Å². The van der Waals surface area contributed by atoms with Gasteiger partial charge in [-0.05, 0) is 117 Å². The van der Waals surface area contributed by atoms with Gasteiger partial charge in [0, 0.05) is 49.6 Å². The number of carbonyl (C=O) groups is 2. The van der Waals surface area contributed by atoms with Gasteiger partial charge in [0.25, 0.3) is 0 Å². The van der Waals surface area contributed by atoms with Crippen molar-refractivity contribution in [2.45, 2.75) is 109 Å². The van der Waals surface area contributed by atoms with Gasteiger partial charge in [-0.2, -0.15) is 0 Å². The molecule has 2 aliphatic heterocycles. The summed E-state index contributed by atoms with van der Waals surface area (Å²) in [7, 11) is 1.96. The van der Waals surface area contributed by atoms with Gasteiger partial charge < -0.3 is 42.5 Å². The molecule has 2 heterocycles. The van der Waals surface area contributed by atoms with Crippen molar-refractivity contribution in [1.82, 2.24) is 52.8 Å². The standard InChI is InChI=1S/C45H68N12O2/c1-5-6-7-10-24-57-32(3)26-41(49-23-22-46-4)54-43(57)56-45(59)52-39-19-17-35-15-14-33(27-37(35)29-39)30-47-20-11-21-48-40-25-31(2)50-42(53-40)55-44(58)51-38-18-16-34-12-8-9-13-36(34)28-38/h8-9,12-19,27-29,31-32,40-43,46-50,53-54H,5-7,10-11,20-26,30H2,1-4H3,(H2,51,55,58)(H2,52,56,59). The maximum absolute atomic E-state index is 13.4. The van der Waals surface area contributed by atoms with E-state index in [0.717, 1.165) is 97.9 Å². The molecule has 14 heteroatoms. The van der Waals surface area contributed by atoms with E-state index in [2.05, 4.69) is 114 Å². The molecule has 4 aromatic rings. The van der Waals surface area contributed by atoms with Crippen LogP contribution >= 0.6 is 0 Å². The lowest BCUT2D eigenvalue weighted by Crippen LogP contribution is -2.69. The Balaban J connectivity index is 0.921. The van der Waals surface area contributed by atoms with Crippen LogP contribution in [0.5, 0.6) is 0 Å². The maximum Gasteiger partial charge on any atom is 0.321 e. The lowest BCUT2D eigenvalue weighted by Gasteiger charge is -2.45. The number of amides is 4. The van der Waals surface area contributed by atoms with Crippen LogP contribution in [0.1, 0.15) is 71.3 Å². The average molecular weight is 809 g/mol. The highest BCUT2D eigenvalue weighted by atomic mass is 16.2. The highest BCUT2D eigenvalue weighted by Gasteiger charge is 2.33. The fraction of sp³-hybridized carbons (Fsp3) is 0.511. The van der Waals surface area contributed by atoms with Gasteiger partial charge in [-0.1, -0.05) is 74.7 Å². The Morgan fingerprint density at radius 3 is 2.15 bits per heavy atom. The Kier molecular flexibility index (Phi) is 17.1. The van der Waals surface area contributed by atoms with E-state index in [1.807, 2.05) is 55.6 Å². The number of hydrogen-bond donors (Lipinski definition) is 11. The molecule has 6 unspecified atom stereocenters.